The number of rotatable bonds is 2. The molecule has 5 heteroatoms. The summed E-state index contributed by atoms with van der Waals surface area (Å²) in [5, 5.41) is 16.1. The molecule has 3 aromatic rings. The Morgan fingerprint density at radius 3 is 2.65 bits per heavy atom. The Morgan fingerprint density at radius 2 is 1.94 bits per heavy atom. The van der Waals surface area contributed by atoms with Gasteiger partial charge in [-0.3, -0.25) is 5.10 Å². The number of hydrogen-bond acceptors (Lipinski definition) is 4. The van der Waals surface area contributed by atoms with E-state index in [-0.39, 0.29) is 5.75 Å². The summed E-state index contributed by atoms with van der Waals surface area (Å²) >= 11 is 0. The molecule has 2 heterocycles. The Labute approximate surface area is 96.8 Å². The number of nitrogens with one attached hydrogen (secondary N) is 1. The van der Waals surface area contributed by atoms with Gasteiger partial charge in [-0.15, -0.1) is 0 Å². The van der Waals surface area contributed by atoms with Crippen molar-refractivity contribution < 1.29 is 9.52 Å². The highest BCUT2D eigenvalue weighted by Crippen LogP contribution is 2.21. The van der Waals surface area contributed by atoms with Crippen molar-refractivity contribution >= 4 is 0 Å². The predicted molar refractivity (Wildman–Crippen MR) is 61.2 cm³/mol. The fourth-order valence-corrected chi connectivity index (χ4v) is 1.52. The van der Waals surface area contributed by atoms with Gasteiger partial charge in [0.2, 0.25) is 0 Å². The third-order valence-electron chi connectivity index (χ3n) is 2.37. The van der Waals surface area contributed by atoms with Crippen molar-refractivity contribution in [3.8, 4) is 28.7 Å². The van der Waals surface area contributed by atoms with Crippen LogP contribution in [0.2, 0.25) is 0 Å². The second kappa shape index (κ2) is 3.79. The Hall–Kier alpha value is -2.56. The van der Waals surface area contributed by atoms with Gasteiger partial charge in [0, 0.05) is 5.56 Å². The molecule has 17 heavy (non-hydrogen) atoms. The van der Waals surface area contributed by atoms with Crippen LogP contribution >= 0.6 is 0 Å². The zero-order valence-corrected chi connectivity index (χ0v) is 8.79. The fourth-order valence-electron chi connectivity index (χ4n) is 1.52. The first-order valence-corrected chi connectivity index (χ1v) is 5.08. The molecule has 1 aromatic carbocycles. The Bertz CT molecular complexity index is 612. The molecule has 0 aliphatic rings. The lowest BCUT2D eigenvalue weighted by Gasteiger charge is -1.94. The third-order valence-corrected chi connectivity index (χ3v) is 2.37. The lowest BCUT2D eigenvalue weighted by molar-refractivity contribution is 0.475. The molecule has 0 aliphatic carbocycles. The summed E-state index contributed by atoms with van der Waals surface area (Å²) in [6.45, 7) is 0. The molecule has 84 valence electrons. The second-order valence-corrected chi connectivity index (χ2v) is 3.53. The van der Waals surface area contributed by atoms with Crippen LogP contribution in [0.25, 0.3) is 23.0 Å². The van der Waals surface area contributed by atoms with Crippen molar-refractivity contribution in [2.75, 3.05) is 0 Å². The fraction of sp³-hybridized carbons (Fsp3) is 0. The zero-order chi connectivity index (χ0) is 11.7. The lowest BCUT2D eigenvalue weighted by Crippen LogP contribution is -1.79. The molecule has 0 aliphatic heterocycles. The molecule has 0 saturated carbocycles. The summed E-state index contributed by atoms with van der Waals surface area (Å²) < 4.78 is 5.21. The van der Waals surface area contributed by atoms with E-state index in [1.807, 2.05) is 0 Å². The molecule has 0 atom stereocenters. The van der Waals surface area contributed by atoms with Gasteiger partial charge in [-0.25, -0.2) is 4.98 Å². The molecule has 0 radical (unpaired) electrons. The summed E-state index contributed by atoms with van der Waals surface area (Å²) in [4.78, 5) is 4.31. The summed E-state index contributed by atoms with van der Waals surface area (Å²) in [6, 6.07) is 10.3. The number of aromatic nitrogens is 3. The van der Waals surface area contributed by atoms with Crippen molar-refractivity contribution in [1.82, 2.24) is 15.2 Å². The van der Waals surface area contributed by atoms with Gasteiger partial charge in [0.05, 0.1) is 6.26 Å². The molecule has 0 unspecified atom stereocenters. The van der Waals surface area contributed by atoms with E-state index in [2.05, 4.69) is 15.2 Å². The van der Waals surface area contributed by atoms with Crippen LogP contribution in [-0.2, 0) is 0 Å². The molecule has 3 rings (SSSR count). The van der Waals surface area contributed by atoms with Crippen LogP contribution in [0.4, 0.5) is 0 Å². The topological polar surface area (TPSA) is 74.9 Å². The van der Waals surface area contributed by atoms with E-state index in [4.69, 9.17) is 4.42 Å². The van der Waals surface area contributed by atoms with Crippen LogP contribution < -0.4 is 0 Å². The largest absolute Gasteiger partial charge is 0.508 e. The van der Waals surface area contributed by atoms with Crippen molar-refractivity contribution in [3.05, 3.63) is 42.7 Å². The normalized spacial score (nSPS) is 10.6. The maximum absolute atomic E-state index is 9.20. The monoisotopic (exact) mass is 227 g/mol. The molecule has 0 amide bonds. The molecule has 0 spiro atoms. The van der Waals surface area contributed by atoms with Gasteiger partial charge in [-0.1, -0.05) is 0 Å². The number of nitrogens with zero attached hydrogens (tertiary/aromatic N) is 2. The summed E-state index contributed by atoms with van der Waals surface area (Å²) in [6.07, 6.45) is 1.58. The van der Waals surface area contributed by atoms with Crippen molar-refractivity contribution in [1.29, 1.82) is 0 Å². The van der Waals surface area contributed by atoms with E-state index in [1.54, 1.807) is 42.7 Å². The van der Waals surface area contributed by atoms with Crippen LogP contribution in [0, 0.1) is 0 Å². The standard InChI is InChI=1S/C12H9N3O2/c16-9-5-3-8(4-6-9)11-13-12(15-14-11)10-2-1-7-17-10/h1-7,16H,(H,13,14,15). The number of phenols is 1. The number of aromatic amines is 1. The average molecular weight is 227 g/mol. The second-order valence-electron chi connectivity index (χ2n) is 3.53. The number of H-pyrrole nitrogens is 1. The van der Waals surface area contributed by atoms with Crippen molar-refractivity contribution in [2.45, 2.75) is 0 Å². The Kier molecular flexibility index (Phi) is 2.15. The molecule has 2 aromatic heterocycles. The van der Waals surface area contributed by atoms with Crippen LogP contribution in [0.1, 0.15) is 0 Å². The van der Waals surface area contributed by atoms with E-state index >= 15 is 0 Å². The van der Waals surface area contributed by atoms with Gasteiger partial charge >= 0.3 is 0 Å². The van der Waals surface area contributed by atoms with Gasteiger partial charge in [-0.05, 0) is 36.4 Å². The van der Waals surface area contributed by atoms with Crippen LogP contribution in [-0.4, -0.2) is 20.3 Å². The minimum Gasteiger partial charge on any atom is -0.508 e. The summed E-state index contributed by atoms with van der Waals surface area (Å²) in [7, 11) is 0. The molecule has 2 N–H and O–H groups in total. The SMILES string of the molecule is Oc1ccc(-c2n[nH]c(-c3ccco3)n2)cc1. The van der Waals surface area contributed by atoms with E-state index in [0.29, 0.717) is 17.4 Å². The minimum absolute atomic E-state index is 0.218. The number of aromatic hydroxyl groups is 1. The number of benzene rings is 1. The molecule has 0 fully saturated rings. The molecule has 0 bridgehead atoms. The van der Waals surface area contributed by atoms with Gasteiger partial charge in [0.15, 0.2) is 17.4 Å². The highest BCUT2D eigenvalue weighted by atomic mass is 16.3. The molecule has 0 saturated heterocycles. The van der Waals surface area contributed by atoms with E-state index < -0.39 is 0 Å². The quantitative estimate of drug-likeness (QED) is 0.705. The predicted octanol–water partition coefficient (Wildman–Crippen LogP) is 2.44. The Morgan fingerprint density at radius 1 is 1.12 bits per heavy atom. The summed E-state index contributed by atoms with van der Waals surface area (Å²) in [5.41, 5.74) is 0.830. The number of phenolic OH excluding ortho intramolecular Hbond substituents is 1. The van der Waals surface area contributed by atoms with Crippen LogP contribution in [0.3, 0.4) is 0 Å². The average Bonchev–Trinajstić information content (AvgIpc) is 3.00. The number of hydrogen-bond donors (Lipinski definition) is 2. The van der Waals surface area contributed by atoms with Gasteiger partial charge in [-0.2, -0.15) is 5.10 Å². The van der Waals surface area contributed by atoms with E-state index in [0.717, 1.165) is 5.56 Å². The van der Waals surface area contributed by atoms with Gasteiger partial charge in [0.25, 0.3) is 0 Å². The molecular formula is C12H9N3O2. The molecular weight excluding hydrogens is 218 g/mol. The van der Waals surface area contributed by atoms with E-state index in [9.17, 15) is 5.11 Å². The summed E-state index contributed by atoms with van der Waals surface area (Å²) in [5.74, 6) is 2.01. The third kappa shape index (κ3) is 1.78. The van der Waals surface area contributed by atoms with E-state index in [1.165, 1.54) is 0 Å². The highest BCUT2D eigenvalue weighted by Gasteiger charge is 2.09. The first-order chi connectivity index (χ1) is 8.33. The maximum atomic E-state index is 9.20. The first-order valence-electron chi connectivity index (χ1n) is 5.08. The number of furan rings is 1. The molecule has 5 nitrogen and oxygen atoms in total. The van der Waals surface area contributed by atoms with Crippen LogP contribution in [0.15, 0.2) is 47.1 Å². The van der Waals surface area contributed by atoms with Crippen molar-refractivity contribution in [3.63, 3.8) is 0 Å². The maximum Gasteiger partial charge on any atom is 0.192 e. The highest BCUT2D eigenvalue weighted by molar-refractivity contribution is 5.59. The van der Waals surface area contributed by atoms with Gasteiger partial charge in [0.1, 0.15) is 5.75 Å². The Balaban J connectivity index is 1.98. The zero-order valence-electron chi connectivity index (χ0n) is 8.79. The lowest BCUT2D eigenvalue weighted by atomic mass is 10.2. The minimum atomic E-state index is 0.218. The van der Waals surface area contributed by atoms with Gasteiger partial charge < -0.3 is 9.52 Å². The first kappa shape index (κ1) is 9.65. The van der Waals surface area contributed by atoms with Crippen molar-refractivity contribution in [2.24, 2.45) is 0 Å². The van der Waals surface area contributed by atoms with Crippen LogP contribution in [0.5, 0.6) is 5.75 Å². The smallest absolute Gasteiger partial charge is 0.192 e.